The van der Waals surface area contributed by atoms with Crippen molar-refractivity contribution in [3.8, 4) is 0 Å². The highest BCUT2D eigenvalue weighted by Gasteiger charge is 2.70. The van der Waals surface area contributed by atoms with E-state index in [2.05, 4.69) is 46.9 Å². The van der Waals surface area contributed by atoms with E-state index in [0.717, 1.165) is 38.5 Å². The minimum Gasteiger partial charge on any atom is -0.481 e. The number of ether oxygens (including phenoxy) is 4. The molecular formula is C40H63NO9. The molecule has 5 aliphatic rings. The molecule has 0 aromatic rings. The predicted molar refractivity (Wildman–Crippen MR) is 188 cm³/mol. The molecule has 2 N–H and O–H groups in total. The van der Waals surface area contributed by atoms with Gasteiger partial charge in [-0.25, -0.2) is 0 Å². The second-order valence-electron chi connectivity index (χ2n) is 18.1. The summed E-state index contributed by atoms with van der Waals surface area (Å²) >= 11 is 0. The first-order valence-corrected chi connectivity index (χ1v) is 19.0. The van der Waals surface area contributed by atoms with Crippen molar-refractivity contribution in [1.82, 2.24) is 5.32 Å². The Hall–Kier alpha value is -2.30. The molecule has 10 nitrogen and oxygen atoms in total. The summed E-state index contributed by atoms with van der Waals surface area (Å²) in [7, 11) is 1.62. The van der Waals surface area contributed by atoms with Gasteiger partial charge in [-0.3, -0.25) is 19.2 Å². The molecule has 0 bridgehead atoms. The number of methoxy groups -OCH3 is 1. The van der Waals surface area contributed by atoms with Crippen LogP contribution in [-0.2, 0) is 38.1 Å². The number of amides is 1. The van der Waals surface area contributed by atoms with Crippen LogP contribution in [0.15, 0.2) is 11.6 Å². The van der Waals surface area contributed by atoms with Gasteiger partial charge in [0.1, 0.15) is 0 Å². The van der Waals surface area contributed by atoms with Crippen molar-refractivity contribution in [3.63, 3.8) is 0 Å². The van der Waals surface area contributed by atoms with E-state index >= 15 is 0 Å². The number of hydrogen-bond acceptors (Lipinski definition) is 8. The second kappa shape index (κ2) is 14.3. The minimum atomic E-state index is -0.778. The quantitative estimate of drug-likeness (QED) is 0.175. The molecule has 0 spiro atoms. The number of aliphatic carboxylic acids is 1. The monoisotopic (exact) mass is 701 g/mol. The van der Waals surface area contributed by atoms with Gasteiger partial charge in [-0.2, -0.15) is 0 Å². The Labute approximate surface area is 299 Å². The highest BCUT2D eigenvalue weighted by atomic mass is 16.5. The zero-order valence-electron chi connectivity index (χ0n) is 31.9. The van der Waals surface area contributed by atoms with Gasteiger partial charge in [0.25, 0.3) is 5.91 Å². The van der Waals surface area contributed by atoms with Gasteiger partial charge < -0.3 is 29.4 Å². The van der Waals surface area contributed by atoms with Crippen molar-refractivity contribution in [3.05, 3.63) is 11.6 Å². The lowest BCUT2D eigenvalue weighted by Crippen LogP contribution is -2.66. The summed E-state index contributed by atoms with van der Waals surface area (Å²) in [5.74, 6) is -1.58. The number of ketones is 1. The molecule has 9 atom stereocenters. The SMILES string of the molecule is COCCOCCOCCNC(=O)COC(=O)[C@H]1CC[C@]2(C)[C@H]3C(=O)C=C4[C@@H]5C[C@@](C)(C(=O)O)CC[C@]5(C)CC[C@@]4(C)[C@]3(C)CC[C@H]2C1(C)C. The standard InChI is InChI=1S/C40H63NO9/c1-35(2)26(33(44)50-25-31(43)41-17-18-48-21-22-49-20-19-47-8)9-11-38(5)30(35)10-12-40(7)32(38)29(42)23-27-28-24-37(4,34(45)46)14-13-36(28,3)15-16-39(27,40)6/h23,26,28,30,32H,9-22,24-25H2,1-8H3,(H,41,43)(H,45,46)/t26-,28+,30+,32-,36-,37+,38+,39-,40-/m1/s1. The molecule has 0 heterocycles. The summed E-state index contributed by atoms with van der Waals surface area (Å²) in [6.07, 6.45) is 9.29. The molecule has 0 aliphatic heterocycles. The van der Waals surface area contributed by atoms with Crippen LogP contribution >= 0.6 is 0 Å². The Morgan fingerprint density at radius 2 is 1.52 bits per heavy atom. The molecular weight excluding hydrogens is 638 g/mol. The Balaban J connectivity index is 1.25. The van der Waals surface area contributed by atoms with Crippen LogP contribution in [0.1, 0.15) is 106 Å². The molecule has 5 rings (SSSR count). The van der Waals surface area contributed by atoms with Crippen molar-refractivity contribution in [2.45, 2.75) is 106 Å². The highest BCUT2D eigenvalue weighted by Crippen LogP contribution is 2.75. The van der Waals surface area contributed by atoms with Crippen molar-refractivity contribution in [2.75, 3.05) is 53.3 Å². The average Bonchev–Trinajstić information content (AvgIpc) is 3.04. The van der Waals surface area contributed by atoms with E-state index in [1.165, 1.54) is 5.57 Å². The summed E-state index contributed by atoms with van der Waals surface area (Å²) in [4.78, 5) is 53.1. The molecule has 0 aromatic carbocycles. The molecule has 0 radical (unpaired) electrons. The number of carbonyl (C=O) groups excluding carboxylic acids is 3. The number of nitrogens with one attached hydrogen (secondary N) is 1. The lowest BCUT2D eigenvalue weighted by atomic mass is 9.33. The number of esters is 1. The molecule has 50 heavy (non-hydrogen) atoms. The minimum absolute atomic E-state index is 0.00938. The third-order valence-corrected chi connectivity index (χ3v) is 15.1. The first-order valence-electron chi connectivity index (χ1n) is 19.0. The summed E-state index contributed by atoms with van der Waals surface area (Å²) in [6, 6.07) is 0. The van der Waals surface area contributed by atoms with Gasteiger partial charge in [-0.05, 0) is 110 Å². The summed E-state index contributed by atoms with van der Waals surface area (Å²) in [5, 5.41) is 12.9. The number of carbonyl (C=O) groups is 4. The number of hydrogen-bond donors (Lipinski definition) is 2. The predicted octanol–water partition coefficient (Wildman–Crippen LogP) is 6.01. The molecule has 0 aromatic heterocycles. The molecule has 0 saturated heterocycles. The number of carboxylic acids is 1. The zero-order chi connectivity index (χ0) is 36.8. The van der Waals surface area contributed by atoms with Crippen LogP contribution in [0.25, 0.3) is 0 Å². The molecule has 0 unspecified atom stereocenters. The van der Waals surface area contributed by atoms with Crippen molar-refractivity contribution >= 4 is 23.6 Å². The zero-order valence-corrected chi connectivity index (χ0v) is 31.9. The summed E-state index contributed by atoms with van der Waals surface area (Å²) in [6.45, 7) is 17.7. The van der Waals surface area contributed by atoms with Gasteiger partial charge in [0.2, 0.25) is 0 Å². The Morgan fingerprint density at radius 3 is 2.20 bits per heavy atom. The summed E-state index contributed by atoms with van der Waals surface area (Å²) < 4.78 is 21.3. The normalized spacial score (nSPS) is 40.3. The lowest BCUT2D eigenvalue weighted by Gasteiger charge is -2.70. The first kappa shape index (κ1) is 38.9. The molecule has 282 valence electrons. The van der Waals surface area contributed by atoms with Crippen LogP contribution in [0.4, 0.5) is 0 Å². The summed E-state index contributed by atoms with van der Waals surface area (Å²) in [5.41, 5.74) is -0.752. The van der Waals surface area contributed by atoms with Gasteiger partial charge in [-0.15, -0.1) is 0 Å². The topological polar surface area (TPSA) is 137 Å². The molecule has 10 heteroatoms. The van der Waals surface area contributed by atoms with E-state index in [1.54, 1.807) is 7.11 Å². The van der Waals surface area contributed by atoms with Crippen LogP contribution in [0.2, 0.25) is 0 Å². The third-order valence-electron chi connectivity index (χ3n) is 15.1. The van der Waals surface area contributed by atoms with Gasteiger partial charge in [0.05, 0.1) is 44.4 Å². The van der Waals surface area contributed by atoms with Crippen LogP contribution in [0.5, 0.6) is 0 Å². The maximum atomic E-state index is 14.6. The van der Waals surface area contributed by atoms with Gasteiger partial charge >= 0.3 is 11.9 Å². The Kier molecular flexibility index (Phi) is 11.1. The van der Waals surface area contributed by atoms with Gasteiger partial charge in [-0.1, -0.05) is 47.1 Å². The first-order chi connectivity index (χ1) is 23.4. The van der Waals surface area contributed by atoms with E-state index < -0.39 is 16.8 Å². The van der Waals surface area contributed by atoms with E-state index in [9.17, 15) is 24.3 Å². The van der Waals surface area contributed by atoms with Crippen LogP contribution in [-0.4, -0.2) is 82.0 Å². The number of carboxylic acid groups (broad SMARTS) is 1. The fraction of sp³-hybridized carbons (Fsp3) is 0.850. The Bertz CT molecular complexity index is 1360. The number of rotatable bonds is 13. The maximum Gasteiger partial charge on any atom is 0.309 e. The van der Waals surface area contributed by atoms with Crippen LogP contribution < -0.4 is 5.32 Å². The number of allylic oxidation sites excluding steroid dienone is 2. The fourth-order valence-corrected chi connectivity index (χ4v) is 11.8. The number of fused-ring (bicyclic) bond motifs is 7. The Morgan fingerprint density at radius 1 is 0.860 bits per heavy atom. The fourth-order valence-electron chi connectivity index (χ4n) is 11.8. The average molecular weight is 702 g/mol. The van der Waals surface area contributed by atoms with Gasteiger partial charge in [0.15, 0.2) is 12.4 Å². The second-order valence-corrected chi connectivity index (χ2v) is 18.1. The third kappa shape index (κ3) is 6.59. The maximum absolute atomic E-state index is 14.6. The molecule has 4 saturated carbocycles. The smallest absolute Gasteiger partial charge is 0.309 e. The van der Waals surface area contributed by atoms with Gasteiger partial charge in [0, 0.05) is 19.6 Å². The van der Waals surface area contributed by atoms with Crippen LogP contribution in [0, 0.1) is 56.2 Å². The molecule has 5 aliphatic carbocycles. The lowest BCUT2D eigenvalue weighted by molar-refractivity contribution is -0.200. The van der Waals surface area contributed by atoms with Crippen molar-refractivity contribution in [1.29, 1.82) is 0 Å². The largest absolute Gasteiger partial charge is 0.481 e. The highest BCUT2D eigenvalue weighted by molar-refractivity contribution is 5.96. The molecule has 4 fully saturated rings. The van der Waals surface area contributed by atoms with E-state index in [0.29, 0.717) is 58.8 Å². The van der Waals surface area contributed by atoms with E-state index in [-0.39, 0.29) is 69.6 Å². The van der Waals surface area contributed by atoms with E-state index in [1.807, 2.05) is 13.0 Å². The van der Waals surface area contributed by atoms with Crippen molar-refractivity contribution in [2.24, 2.45) is 56.2 Å². The molecule has 1 amide bonds. The van der Waals surface area contributed by atoms with Crippen LogP contribution in [0.3, 0.4) is 0 Å². The van der Waals surface area contributed by atoms with Crippen molar-refractivity contribution < 1.29 is 43.2 Å². The van der Waals surface area contributed by atoms with E-state index in [4.69, 9.17) is 18.9 Å².